The lowest BCUT2D eigenvalue weighted by Gasteiger charge is -2.24. The minimum Gasteiger partial charge on any atom is -0.493 e. The zero-order valence-corrected chi connectivity index (χ0v) is 16.5. The van der Waals surface area contributed by atoms with E-state index in [0.717, 1.165) is 5.56 Å². The Balaban J connectivity index is 1.90. The van der Waals surface area contributed by atoms with E-state index >= 15 is 0 Å². The molecular weight excluding hydrogens is 348 g/mol. The van der Waals surface area contributed by atoms with Crippen LogP contribution < -0.4 is 14.8 Å². The van der Waals surface area contributed by atoms with Crippen molar-refractivity contribution >= 4 is 23.3 Å². The molecule has 5 nitrogen and oxygen atoms in total. The Morgan fingerprint density at radius 1 is 1.31 bits per heavy atom. The van der Waals surface area contributed by atoms with Crippen LogP contribution in [0.4, 0.5) is 0 Å². The van der Waals surface area contributed by atoms with Crippen LogP contribution in [0.2, 0.25) is 0 Å². The molecule has 1 aromatic heterocycles. The fourth-order valence-corrected chi connectivity index (χ4v) is 3.27. The summed E-state index contributed by atoms with van der Waals surface area (Å²) in [5, 5.41) is 7.08. The van der Waals surface area contributed by atoms with Gasteiger partial charge in [0.2, 0.25) is 0 Å². The van der Waals surface area contributed by atoms with E-state index < -0.39 is 0 Å². The summed E-state index contributed by atoms with van der Waals surface area (Å²) < 4.78 is 11.0. The lowest BCUT2D eigenvalue weighted by atomic mass is 10.1. The van der Waals surface area contributed by atoms with Crippen LogP contribution in [0, 0.1) is 0 Å². The van der Waals surface area contributed by atoms with E-state index in [-0.39, 0.29) is 18.6 Å². The standard InChI is InChI=1S/C20H26N2O3S/c1-5-6-15-7-8-18(19(11-15)24-4)25-13-20(23)21-12-17(22(2)3)16-9-10-26-14-16/h5-11,14,17H,12-13H2,1-4H3,(H,21,23)/b6-5+. The minimum absolute atomic E-state index is 0.0525. The summed E-state index contributed by atoms with van der Waals surface area (Å²) in [6, 6.07) is 7.84. The number of carbonyl (C=O) groups is 1. The SMILES string of the molecule is C/C=C/c1ccc(OCC(=O)NCC(c2ccsc2)N(C)C)c(OC)c1. The van der Waals surface area contributed by atoms with Gasteiger partial charge in [-0.3, -0.25) is 4.79 Å². The number of thiophene rings is 1. The first-order chi connectivity index (χ1) is 12.5. The first-order valence-corrected chi connectivity index (χ1v) is 9.38. The molecule has 1 amide bonds. The summed E-state index contributed by atoms with van der Waals surface area (Å²) in [5.74, 6) is 1.00. The number of nitrogens with one attached hydrogen (secondary N) is 1. The molecule has 0 fully saturated rings. The van der Waals surface area contributed by atoms with Crippen molar-refractivity contribution in [2.24, 2.45) is 0 Å². The molecule has 1 heterocycles. The molecule has 140 valence electrons. The van der Waals surface area contributed by atoms with Gasteiger partial charge in [0.05, 0.1) is 13.2 Å². The van der Waals surface area contributed by atoms with E-state index in [4.69, 9.17) is 9.47 Å². The van der Waals surface area contributed by atoms with Crippen LogP contribution in [0.15, 0.2) is 41.1 Å². The van der Waals surface area contributed by atoms with Crippen molar-refractivity contribution in [3.8, 4) is 11.5 Å². The molecular formula is C20H26N2O3S. The number of methoxy groups -OCH3 is 1. The maximum Gasteiger partial charge on any atom is 0.258 e. The molecule has 1 unspecified atom stereocenters. The molecule has 0 spiro atoms. The van der Waals surface area contributed by atoms with Gasteiger partial charge in [0.15, 0.2) is 18.1 Å². The van der Waals surface area contributed by atoms with E-state index in [1.165, 1.54) is 5.56 Å². The highest BCUT2D eigenvalue weighted by molar-refractivity contribution is 7.07. The zero-order valence-electron chi connectivity index (χ0n) is 15.7. The summed E-state index contributed by atoms with van der Waals surface area (Å²) in [6.45, 7) is 2.44. The van der Waals surface area contributed by atoms with Crippen molar-refractivity contribution in [3.05, 3.63) is 52.2 Å². The molecule has 0 saturated heterocycles. The van der Waals surface area contributed by atoms with Gasteiger partial charge in [-0.2, -0.15) is 11.3 Å². The average molecular weight is 375 g/mol. The van der Waals surface area contributed by atoms with Gasteiger partial charge in [0.1, 0.15) is 0 Å². The quantitative estimate of drug-likeness (QED) is 0.729. The van der Waals surface area contributed by atoms with Crippen LogP contribution >= 0.6 is 11.3 Å². The maximum absolute atomic E-state index is 12.2. The summed E-state index contributed by atoms with van der Waals surface area (Å²) in [6.07, 6.45) is 3.93. The van der Waals surface area contributed by atoms with E-state index in [2.05, 4.69) is 21.7 Å². The van der Waals surface area contributed by atoms with E-state index in [0.29, 0.717) is 18.0 Å². The predicted molar refractivity (Wildman–Crippen MR) is 107 cm³/mol. The highest BCUT2D eigenvalue weighted by atomic mass is 32.1. The third kappa shape index (κ3) is 5.61. The van der Waals surface area contributed by atoms with Crippen LogP contribution in [-0.2, 0) is 4.79 Å². The van der Waals surface area contributed by atoms with Crippen molar-refractivity contribution in [1.82, 2.24) is 10.2 Å². The first-order valence-electron chi connectivity index (χ1n) is 8.44. The van der Waals surface area contributed by atoms with Gasteiger partial charge >= 0.3 is 0 Å². The second-order valence-corrected chi connectivity index (χ2v) is 6.82. The van der Waals surface area contributed by atoms with E-state index in [1.807, 2.05) is 56.8 Å². The molecule has 0 aliphatic rings. The molecule has 1 atom stereocenters. The van der Waals surface area contributed by atoms with Gasteiger partial charge in [-0.1, -0.05) is 18.2 Å². The number of rotatable bonds is 9. The number of hydrogen-bond acceptors (Lipinski definition) is 5. The summed E-state index contributed by atoms with van der Waals surface area (Å²) in [5.41, 5.74) is 2.22. The molecule has 6 heteroatoms. The van der Waals surface area contributed by atoms with E-state index in [1.54, 1.807) is 18.4 Å². The molecule has 2 rings (SSSR count). The number of nitrogens with zero attached hydrogens (tertiary/aromatic N) is 1. The topological polar surface area (TPSA) is 50.8 Å². The third-order valence-corrected chi connectivity index (χ3v) is 4.65. The van der Waals surface area contributed by atoms with Crippen molar-refractivity contribution in [1.29, 1.82) is 0 Å². The Kier molecular flexibility index (Phi) is 7.69. The minimum atomic E-state index is -0.160. The molecule has 0 aliphatic heterocycles. The Morgan fingerprint density at radius 2 is 2.12 bits per heavy atom. The molecule has 0 aliphatic carbocycles. The number of likely N-dealkylation sites (N-methyl/N-ethyl adjacent to an activating group) is 1. The summed E-state index contributed by atoms with van der Waals surface area (Å²) in [4.78, 5) is 14.3. The number of benzene rings is 1. The molecule has 1 N–H and O–H groups in total. The number of allylic oxidation sites excluding steroid dienone is 1. The Morgan fingerprint density at radius 3 is 2.73 bits per heavy atom. The van der Waals surface area contributed by atoms with Crippen LogP contribution in [-0.4, -0.2) is 45.2 Å². The summed E-state index contributed by atoms with van der Waals surface area (Å²) in [7, 11) is 5.59. The van der Waals surface area contributed by atoms with Crippen molar-refractivity contribution in [2.45, 2.75) is 13.0 Å². The van der Waals surface area contributed by atoms with Gasteiger partial charge in [-0.25, -0.2) is 0 Å². The fraction of sp³-hybridized carbons (Fsp3) is 0.350. The monoisotopic (exact) mass is 374 g/mol. The largest absolute Gasteiger partial charge is 0.493 e. The number of hydrogen-bond donors (Lipinski definition) is 1. The molecule has 0 saturated carbocycles. The van der Waals surface area contributed by atoms with Crippen molar-refractivity contribution in [2.75, 3.05) is 34.4 Å². The summed E-state index contributed by atoms with van der Waals surface area (Å²) >= 11 is 1.65. The zero-order chi connectivity index (χ0) is 18.9. The van der Waals surface area contributed by atoms with Gasteiger partial charge in [0, 0.05) is 6.54 Å². The fourth-order valence-electron chi connectivity index (χ4n) is 2.57. The number of amides is 1. The molecule has 0 radical (unpaired) electrons. The highest BCUT2D eigenvalue weighted by Gasteiger charge is 2.16. The number of carbonyl (C=O) groups excluding carboxylic acids is 1. The van der Waals surface area contributed by atoms with Gasteiger partial charge in [-0.05, 0) is 61.1 Å². The van der Waals surface area contributed by atoms with Crippen LogP contribution in [0.3, 0.4) is 0 Å². The van der Waals surface area contributed by atoms with E-state index in [9.17, 15) is 4.79 Å². The second-order valence-electron chi connectivity index (χ2n) is 6.04. The smallest absolute Gasteiger partial charge is 0.258 e. The molecule has 0 bridgehead atoms. The van der Waals surface area contributed by atoms with Crippen LogP contribution in [0.1, 0.15) is 24.1 Å². The van der Waals surface area contributed by atoms with Gasteiger partial charge in [-0.15, -0.1) is 0 Å². The number of ether oxygens (including phenoxy) is 2. The van der Waals surface area contributed by atoms with Gasteiger partial charge < -0.3 is 19.7 Å². The average Bonchev–Trinajstić information content (AvgIpc) is 3.15. The Labute approximate surface area is 159 Å². The highest BCUT2D eigenvalue weighted by Crippen LogP contribution is 2.28. The van der Waals surface area contributed by atoms with Gasteiger partial charge in [0.25, 0.3) is 5.91 Å². The Hall–Kier alpha value is -2.31. The predicted octanol–water partition coefficient (Wildman–Crippen LogP) is 3.59. The molecule has 1 aromatic carbocycles. The van der Waals surface area contributed by atoms with Crippen LogP contribution in [0.25, 0.3) is 6.08 Å². The first kappa shape index (κ1) is 20.0. The second kappa shape index (κ2) is 9.99. The lowest BCUT2D eigenvalue weighted by molar-refractivity contribution is -0.123. The van der Waals surface area contributed by atoms with Crippen molar-refractivity contribution in [3.63, 3.8) is 0 Å². The third-order valence-electron chi connectivity index (χ3n) is 3.95. The van der Waals surface area contributed by atoms with Crippen LogP contribution in [0.5, 0.6) is 11.5 Å². The maximum atomic E-state index is 12.2. The normalized spacial score (nSPS) is 12.3. The Bertz CT molecular complexity index is 727. The van der Waals surface area contributed by atoms with Crippen molar-refractivity contribution < 1.29 is 14.3 Å². The molecule has 26 heavy (non-hydrogen) atoms. The molecule has 2 aromatic rings. The lowest BCUT2D eigenvalue weighted by Crippen LogP contribution is -2.36.